The van der Waals surface area contributed by atoms with Crippen molar-refractivity contribution in [2.24, 2.45) is 11.3 Å². The Morgan fingerprint density at radius 2 is 1.84 bits per heavy atom. The minimum atomic E-state index is 0. The van der Waals surface area contributed by atoms with Gasteiger partial charge in [0.15, 0.2) is 0 Å². The number of quaternary nitrogens is 1. The summed E-state index contributed by atoms with van der Waals surface area (Å²) in [7, 11) is 4.61. The maximum absolute atomic E-state index is 6.00. The zero-order chi connectivity index (χ0) is 18.0. The van der Waals surface area contributed by atoms with Gasteiger partial charge in [-0.25, -0.2) is 0 Å². The topological polar surface area (TPSA) is 0 Å². The van der Waals surface area contributed by atoms with E-state index in [4.69, 9.17) is 11.6 Å². The smallest absolute Gasteiger partial charge is 0.105 e. The lowest BCUT2D eigenvalue weighted by molar-refractivity contribution is -0.919. The summed E-state index contributed by atoms with van der Waals surface area (Å²) < 4.78 is 0.939. The van der Waals surface area contributed by atoms with Crippen LogP contribution in [-0.2, 0) is 6.54 Å². The lowest BCUT2D eigenvalue weighted by atomic mass is 9.68. The van der Waals surface area contributed by atoms with E-state index in [0.717, 1.165) is 16.1 Å². The van der Waals surface area contributed by atoms with Gasteiger partial charge in [0.25, 0.3) is 0 Å². The molecule has 1 aromatic carbocycles. The molecule has 0 N–H and O–H groups in total. The number of benzene rings is 1. The maximum atomic E-state index is 6.00. The number of hydrogen-bond donors (Lipinski definition) is 0. The van der Waals surface area contributed by atoms with E-state index in [1.54, 1.807) is 0 Å². The van der Waals surface area contributed by atoms with Crippen molar-refractivity contribution in [1.82, 2.24) is 0 Å². The summed E-state index contributed by atoms with van der Waals surface area (Å²) >= 11 is 6.00. The van der Waals surface area contributed by atoms with Gasteiger partial charge in [-0.15, -0.1) is 0 Å². The van der Waals surface area contributed by atoms with Crippen molar-refractivity contribution in [1.29, 1.82) is 0 Å². The zero-order valence-corrected chi connectivity index (χ0v) is 18.0. The first-order valence-electron chi connectivity index (χ1n) is 9.04. The fourth-order valence-corrected chi connectivity index (χ4v) is 3.82. The SMILES string of the molecule is CC1=CCCC(C)(C)C1/C=C/C(C)[N+](C)(C)Cc1ccc(Cl)cc1.[Cl-]. The molecule has 0 saturated heterocycles. The van der Waals surface area contributed by atoms with Crippen molar-refractivity contribution >= 4 is 11.6 Å². The van der Waals surface area contributed by atoms with E-state index < -0.39 is 0 Å². The van der Waals surface area contributed by atoms with Gasteiger partial charge in [-0.1, -0.05) is 55.3 Å². The van der Waals surface area contributed by atoms with E-state index in [2.05, 4.69) is 72.2 Å². The number of rotatable bonds is 5. The Balaban J connectivity index is 0.00000312. The van der Waals surface area contributed by atoms with E-state index in [0.29, 0.717) is 17.4 Å². The Morgan fingerprint density at radius 3 is 2.40 bits per heavy atom. The van der Waals surface area contributed by atoms with E-state index in [1.807, 2.05) is 12.1 Å². The first-order chi connectivity index (χ1) is 11.1. The van der Waals surface area contributed by atoms with Crippen molar-refractivity contribution in [2.45, 2.75) is 53.1 Å². The summed E-state index contributed by atoms with van der Waals surface area (Å²) in [4.78, 5) is 0. The molecule has 0 spiro atoms. The van der Waals surface area contributed by atoms with Gasteiger partial charge in [-0.05, 0) is 50.3 Å². The molecule has 25 heavy (non-hydrogen) atoms. The first-order valence-corrected chi connectivity index (χ1v) is 9.42. The Morgan fingerprint density at radius 1 is 1.24 bits per heavy atom. The normalized spacial score (nSPS) is 21.6. The predicted molar refractivity (Wildman–Crippen MR) is 106 cm³/mol. The number of nitrogens with zero attached hydrogens (tertiary/aromatic N) is 1. The van der Waals surface area contributed by atoms with Crippen LogP contribution in [0.3, 0.4) is 0 Å². The highest BCUT2D eigenvalue weighted by Crippen LogP contribution is 2.41. The van der Waals surface area contributed by atoms with Gasteiger partial charge in [-0.2, -0.15) is 0 Å². The standard InChI is InChI=1S/C22H33ClN.ClH/c1-17-8-7-15-22(3,4)21(17)14-9-18(2)24(5,6)16-19-10-12-20(23)13-11-19;/h8-14,18,21H,7,15-16H2,1-6H3;1H/q+1;/p-1/b14-9+;. The van der Waals surface area contributed by atoms with Crippen molar-refractivity contribution in [3.05, 3.63) is 58.7 Å². The lowest BCUT2D eigenvalue weighted by Gasteiger charge is -2.38. The summed E-state index contributed by atoms with van der Waals surface area (Å²) in [5, 5.41) is 0.804. The molecule has 2 atom stereocenters. The molecular weight excluding hydrogens is 349 g/mol. The van der Waals surface area contributed by atoms with Crippen molar-refractivity contribution in [3.63, 3.8) is 0 Å². The second-order valence-corrected chi connectivity index (χ2v) is 9.08. The number of hydrogen-bond acceptors (Lipinski definition) is 0. The Labute approximate surface area is 165 Å². The molecule has 0 aliphatic heterocycles. The van der Waals surface area contributed by atoms with Crippen LogP contribution in [-0.4, -0.2) is 24.6 Å². The van der Waals surface area contributed by atoms with Crippen LogP contribution >= 0.6 is 11.6 Å². The van der Waals surface area contributed by atoms with Crippen molar-refractivity contribution in [3.8, 4) is 0 Å². The van der Waals surface area contributed by atoms with E-state index >= 15 is 0 Å². The first kappa shape index (κ1) is 22.3. The van der Waals surface area contributed by atoms with Crippen LogP contribution < -0.4 is 12.4 Å². The maximum Gasteiger partial charge on any atom is 0.105 e. The molecule has 0 saturated carbocycles. The average molecular weight is 382 g/mol. The summed E-state index contributed by atoms with van der Waals surface area (Å²) in [6.07, 6.45) is 9.79. The van der Waals surface area contributed by atoms with Crippen LogP contribution in [0.2, 0.25) is 5.02 Å². The second-order valence-electron chi connectivity index (χ2n) is 8.64. The molecule has 2 rings (SSSR count). The fourth-order valence-electron chi connectivity index (χ4n) is 3.69. The van der Waals surface area contributed by atoms with Gasteiger partial charge in [-0.3, -0.25) is 0 Å². The minimum absolute atomic E-state index is 0. The van der Waals surface area contributed by atoms with E-state index in [-0.39, 0.29) is 12.4 Å². The van der Waals surface area contributed by atoms with Gasteiger partial charge in [0.2, 0.25) is 0 Å². The highest BCUT2D eigenvalue weighted by Gasteiger charge is 2.31. The van der Waals surface area contributed by atoms with Gasteiger partial charge in [0, 0.05) is 16.5 Å². The van der Waals surface area contributed by atoms with Crippen LogP contribution in [0.15, 0.2) is 48.1 Å². The van der Waals surface area contributed by atoms with Crippen LogP contribution in [0.1, 0.15) is 46.1 Å². The van der Waals surface area contributed by atoms with Crippen molar-refractivity contribution in [2.75, 3.05) is 14.1 Å². The zero-order valence-electron chi connectivity index (χ0n) is 16.5. The molecule has 0 aromatic heterocycles. The molecule has 1 aliphatic rings. The third-order valence-electron chi connectivity index (χ3n) is 5.78. The third-order valence-corrected chi connectivity index (χ3v) is 6.03. The Hall–Kier alpha value is -0.760. The molecular formula is C22H33Cl2N. The molecule has 0 heterocycles. The van der Waals surface area contributed by atoms with Crippen LogP contribution in [0, 0.1) is 11.3 Å². The van der Waals surface area contributed by atoms with Gasteiger partial charge in [0.1, 0.15) is 12.6 Å². The van der Waals surface area contributed by atoms with E-state index in [1.165, 1.54) is 24.0 Å². The Kier molecular flexibility index (Phi) is 7.80. The minimum Gasteiger partial charge on any atom is -1.00 e. The molecule has 0 radical (unpaired) electrons. The lowest BCUT2D eigenvalue weighted by Crippen LogP contribution is -3.00. The highest BCUT2D eigenvalue weighted by atomic mass is 35.5. The summed E-state index contributed by atoms with van der Waals surface area (Å²) in [5.41, 5.74) is 3.22. The summed E-state index contributed by atoms with van der Waals surface area (Å²) in [6.45, 7) is 10.4. The molecule has 1 aromatic rings. The molecule has 1 nitrogen and oxygen atoms in total. The Bertz CT molecular complexity index is 611. The number of likely N-dealkylation sites (N-methyl/N-ethyl adjacent to an activating group) is 1. The third kappa shape index (κ3) is 5.88. The molecule has 2 unspecified atom stereocenters. The monoisotopic (exact) mass is 381 g/mol. The molecule has 0 bridgehead atoms. The number of allylic oxidation sites excluding steroid dienone is 3. The van der Waals surface area contributed by atoms with Gasteiger partial charge >= 0.3 is 0 Å². The molecule has 3 heteroatoms. The van der Waals surface area contributed by atoms with E-state index in [9.17, 15) is 0 Å². The van der Waals surface area contributed by atoms with Crippen molar-refractivity contribution < 1.29 is 16.9 Å². The molecule has 0 amide bonds. The molecule has 0 fully saturated rings. The fraction of sp³-hybridized carbons (Fsp3) is 0.545. The molecule has 1 aliphatic carbocycles. The highest BCUT2D eigenvalue weighted by molar-refractivity contribution is 6.30. The summed E-state index contributed by atoms with van der Waals surface area (Å²) in [5.74, 6) is 0.559. The van der Waals surface area contributed by atoms with Crippen LogP contribution in [0.4, 0.5) is 0 Å². The summed E-state index contributed by atoms with van der Waals surface area (Å²) in [6, 6.07) is 8.70. The number of halogens is 2. The van der Waals surface area contributed by atoms with Crippen LogP contribution in [0.5, 0.6) is 0 Å². The largest absolute Gasteiger partial charge is 1.00 e. The predicted octanol–water partition coefficient (Wildman–Crippen LogP) is 3.25. The van der Waals surface area contributed by atoms with Gasteiger partial charge < -0.3 is 16.9 Å². The molecule has 140 valence electrons. The second kappa shape index (κ2) is 8.75. The van der Waals surface area contributed by atoms with Crippen LogP contribution in [0.25, 0.3) is 0 Å². The van der Waals surface area contributed by atoms with Gasteiger partial charge in [0.05, 0.1) is 14.1 Å². The quantitative estimate of drug-likeness (QED) is 0.542. The average Bonchev–Trinajstić information content (AvgIpc) is 2.48.